The molecule has 23 heavy (non-hydrogen) atoms. The smallest absolute Gasteiger partial charge is 0.306 e. The number of H-pyrrole nitrogens is 2. The molecule has 0 amide bonds. The van der Waals surface area contributed by atoms with Crippen molar-refractivity contribution < 1.29 is 18.0 Å². The van der Waals surface area contributed by atoms with E-state index in [0.717, 1.165) is 0 Å². The van der Waals surface area contributed by atoms with Gasteiger partial charge in [-0.3, -0.25) is 9.69 Å². The van der Waals surface area contributed by atoms with Crippen LogP contribution in [0.3, 0.4) is 0 Å². The van der Waals surface area contributed by atoms with Gasteiger partial charge in [0.05, 0.1) is 23.5 Å². The number of rotatable bonds is 3. The molecule has 5 nitrogen and oxygen atoms in total. The summed E-state index contributed by atoms with van der Waals surface area (Å²) in [5.41, 5.74) is 1.10. The molecule has 1 atom stereocenters. The summed E-state index contributed by atoms with van der Waals surface area (Å²) < 4.78 is 38.4. The fourth-order valence-electron chi connectivity index (χ4n) is 2.97. The minimum Gasteiger partial charge on any atom is -0.306 e. The number of likely N-dealkylation sites (tertiary alicyclic amines) is 1. The molecule has 2 heterocycles. The maximum absolute atomic E-state index is 12.8. The third kappa shape index (κ3) is 3.47. The Bertz CT molecular complexity index is 778. The first-order valence-corrected chi connectivity index (χ1v) is 7.37. The summed E-state index contributed by atoms with van der Waals surface area (Å²) in [5.74, 6) is -1.62. The van der Waals surface area contributed by atoms with Gasteiger partial charge in [-0.15, -0.1) is 0 Å². The molecule has 1 fully saturated rings. The van der Waals surface area contributed by atoms with Crippen LogP contribution >= 0.6 is 0 Å². The van der Waals surface area contributed by atoms with Gasteiger partial charge in [0.25, 0.3) is 0 Å². The first kappa shape index (κ1) is 15.8. The Labute approximate surface area is 129 Å². The van der Waals surface area contributed by atoms with Crippen molar-refractivity contribution in [3.05, 3.63) is 34.2 Å². The normalized spacial score (nSPS) is 20.0. The molecule has 0 radical (unpaired) electrons. The minimum atomic E-state index is -4.22. The van der Waals surface area contributed by atoms with Crippen LogP contribution in [0.4, 0.5) is 13.2 Å². The summed E-state index contributed by atoms with van der Waals surface area (Å²) in [6.07, 6.45) is -3.67. The number of aromatic nitrogens is 2. The fourth-order valence-corrected chi connectivity index (χ4v) is 2.97. The highest BCUT2D eigenvalue weighted by molar-refractivity contribution is 6.00. The van der Waals surface area contributed by atoms with E-state index in [1.165, 1.54) is 0 Å². The fraction of sp³-hybridized carbons (Fsp3) is 0.467. The van der Waals surface area contributed by atoms with Crippen LogP contribution in [0.25, 0.3) is 11.0 Å². The standard InChI is InChI=1S/C15H16F3N3O2/c16-15(17,18)10-2-1-5-21(7-10)8-13(22)9-3-4-11-12(6-9)20-14(23)19-11/h3-4,6,10H,1-2,5,7-8H2,(H2,19,20,23)/t10-/m0/s1. The molecule has 1 aromatic heterocycles. The molecule has 124 valence electrons. The predicted octanol–water partition coefficient (Wildman–Crippen LogP) is 2.31. The third-order valence-corrected chi connectivity index (χ3v) is 4.17. The van der Waals surface area contributed by atoms with E-state index in [1.54, 1.807) is 23.1 Å². The molecular formula is C15H16F3N3O2. The Morgan fingerprint density at radius 2 is 2.00 bits per heavy atom. The van der Waals surface area contributed by atoms with E-state index >= 15 is 0 Å². The summed E-state index contributed by atoms with van der Waals surface area (Å²) in [7, 11) is 0. The van der Waals surface area contributed by atoms with E-state index in [0.29, 0.717) is 29.6 Å². The lowest BCUT2D eigenvalue weighted by atomic mass is 9.97. The first-order chi connectivity index (χ1) is 10.8. The highest BCUT2D eigenvalue weighted by Crippen LogP contribution is 2.33. The number of alkyl halides is 3. The van der Waals surface area contributed by atoms with Crippen LogP contribution in [0.1, 0.15) is 23.2 Å². The SMILES string of the molecule is O=C(CN1CCC[C@H](C(F)(F)F)C1)c1ccc2[nH]c(=O)[nH]c2c1. The highest BCUT2D eigenvalue weighted by atomic mass is 19.4. The molecule has 8 heteroatoms. The molecule has 1 aliphatic rings. The van der Waals surface area contributed by atoms with E-state index in [9.17, 15) is 22.8 Å². The topological polar surface area (TPSA) is 69.0 Å². The Morgan fingerprint density at radius 3 is 2.74 bits per heavy atom. The first-order valence-electron chi connectivity index (χ1n) is 7.37. The van der Waals surface area contributed by atoms with Crippen LogP contribution < -0.4 is 5.69 Å². The average Bonchev–Trinajstić information content (AvgIpc) is 2.85. The van der Waals surface area contributed by atoms with Crippen LogP contribution in [0.15, 0.2) is 23.0 Å². The number of ketones is 1. The van der Waals surface area contributed by atoms with Crippen LogP contribution in [0.5, 0.6) is 0 Å². The average molecular weight is 327 g/mol. The number of Topliss-reactive ketones (excluding diaryl/α,β-unsaturated/α-hetero) is 1. The zero-order chi connectivity index (χ0) is 16.6. The monoisotopic (exact) mass is 327 g/mol. The number of benzene rings is 1. The second kappa shape index (κ2) is 5.84. The van der Waals surface area contributed by atoms with Crippen molar-refractivity contribution in [3.8, 4) is 0 Å². The largest absolute Gasteiger partial charge is 0.393 e. The van der Waals surface area contributed by atoms with Crippen LogP contribution in [0, 0.1) is 5.92 Å². The number of halogens is 3. The maximum atomic E-state index is 12.8. The van der Waals surface area contributed by atoms with Gasteiger partial charge in [0.15, 0.2) is 5.78 Å². The zero-order valence-corrected chi connectivity index (χ0v) is 12.2. The number of aromatic amines is 2. The molecule has 3 rings (SSSR count). The van der Waals surface area contributed by atoms with Crippen LogP contribution in [-0.4, -0.2) is 46.5 Å². The zero-order valence-electron chi connectivity index (χ0n) is 12.2. The van der Waals surface area contributed by atoms with E-state index < -0.39 is 12.1 Å². The van der Waals surface area contributed by atoms with Crippen molar-refractivity contribution in [2.45, 2.75) is 19.0 Å². The van der Waals surface area contributed by atoms with Gasteiger partial charge >= 0.3 is 11.9 Å². The molecule has 1 aliphatic heterocycles. The molecule has 1 aromatic carbocycles. The summed E-state index contributed by atoms with van der Waals surface area (Å²) >= 11 is 0. The lowest BCUT2D eigenvalue weighted by Crippen LogP contribution is -2.43. The van der Waals surface area contributed by atoms with Crippen LogP contribution in [-0.2, 0) is 0 Å². The van der Waals surface area contributed by atoms with E-state index in [1.807, 2.05) is 0 Å². The number of hydrogen-bond donors (Lipinski definition) is 2. The van der Waals surface area contributed by atoms with Gasteiger partial charge in [-0.05, 0) is 37.6 Å². The number of carbonyl (C=O) groups excluding carboxylic acids is 1. The van der Waals surface area contributed by atoms with Crippen molar-refractivity contribution >= 4 is 16.8 Å². The van der Waals surface area contributed by atoms with Gasteiger partial charge in [-0.25, -0.2) is 4.79 Å². The van der Waals surface area contributed by atoms with Crippen molar-refractivity contribution in [1.82, 2.24) is 14.9 Å². The number of piperidine rings is 1. The maximum Gasteiger partial charge on any atom is 0.393 e. The molecule has 2 aromatic rings. The number of nitrogens with one attached hydrogen (secondary N) is 2. The van der Waals surface area contributed by atoms with Gasteiger partial charge in [-0.1, -0.05) is 0 Å². The summed E-state index contributed by atoms with van der Waals surface area (Å²) in [5, 5.41) is 0. The molecule has 0 saturated carbocycles. The van der Waals surface area contributed by atoms with Gasteiger partial charge in [0, 0.05) is 12.1 Å². The van der Waals surface area contributed by atoms with Crippen LogP contribution in [0.2, 0.25) is 0 Å². The third-order valence-electron chi connectivity index (χ3n) is 4.17. The Kier molecular flexibility index (Phi) is 4.01. The second-order valence-electron chi connectivity index (χ2n) is 5.88. The van der Waals surface area contributed by atoms with Crippen molar-refractivity contribution in [3.63, 3.8) is 0 Å². The molecule has 0 bridgehead atoms. The quantitative estimate of drug-likeness (QED) is 0.850. The lowest BCUT2D eigenvalue weighted by molar-refractivity contribution is -0.186. The Balaban J connectivity index is 1.71. The lowest BCUT2D eigenvalue weighted by Gasteiger charge is -2.33. The number of carbonyl (C=O) groups is 1. The predicted molar refractivity (Wildman–Crippen MR) is 78.5 cm³/mol. The van der Waals surface area contributed by atoms with E-state index in [4.69, 9.17) is 0 Å². The van der Waals surface area contributed by atoms with E-state index in [2.05, 4.69) is 9.97 Å². The number of fused-ring (bicyclic) bond motifs is 1. The minimum absolute atomic E-state index is 0.0489. The van der Waals surface area contributed by atoms with Gasteiger partial charge in [0.1, 0.15) is 0 Å². The molecule has 0 unspecified atom stereocenters. The molecule has 2 N–H and O–H groups in total. The highest BCUT2D eigenvalue weighted by Gasteiger charge is 2.41. The molecule has 0 spiro atoms. The van der Waals surface area contributed by atoms with Gasteiger partial charge in [0.2, 0.25) is 0 Å². The van der Waals surface area contributed by atoms with Gasteiger partial charge < -0.3 is 9.97 Å². The number of nitrogens with zero attached hydrogens (tertiary/aromatic N) is 1. The summed E-state index contributed by atoms with van der Waals surface area (Å²) in [6, 6.07) is 4.72. The summed E-state index contributed by atoms with van der Waals surface area (Å²) in [4.78, 5) is 30.2. The second-order valence-corrected chi connectivity index (χ2v) is 5.88. The van der Waals surface area contributed by atoms with Crippen molar-refractivity contribution in [2.24, 2.45) is 5.92 Å². The Hall–Kier alpha value is -2.09. The number of imidazole rings is 1. The summed E-state index contributed by atoms with van der Waals surface area (Å²) in [6.45, 7) is 0.298. The molecular weight excluding hydrogens is 311 g/mol. The molecule has 0 aliphatic carbocycles. The Morgan fingerprint density at radius 1 is 1.26 bits per heavy atom. The van der Waals surface area contributed by atoms with E-state index in [-0.39, 0.29) is 31.0 Å². The van der Waals surface area contributed by atoms with Crippen molar-refractivity contribution in [1.29, 1.82) is 0 Å². The molecule has 1 saturated heterocycles. The van der Waals surface area contributed by atoms with Crippen molar-refractivity contribution in [2.75, 3.05) is 19.6 Å². The van der Waals surface area contributed by atoms with Gasteiger partial charge in [-0.2, -0.15) is 13.2 Å². The number of hydrogen-bond acceptors (Lipinski definition) is 3.